The lowest BCUT2D eigenvalue weighted by Crippen LogP contribution is -2.28. The van der Waals surface area contributed by atoms with E-state index in [2.05, 4.69) is 149 Å². The van der Waals surface area contributed by atoms with Gasteiger partial charge in [0, 0.05) is 0 Å². The molecule has 1 aliphatic rings. The maximum atomic E-state index is 2.47. The normalized spacial score (nSPS) is 13.6. The Bertz CT molecular complexity index is 1500. The van der Waals surface area contributed by atoms with Crippen molar-refractivity contribution < 1.29 is 0 Å². The summed E-state index contributed by atoms with van der Waals surface area (Å²) in [5.74, 6) is 0.996. The highest BCUT2D eigenvalue weighted by molar-refractivity contribution is 5.88. The topological polar surface area (TPSA) is 0 Å². The van der Waals surface area contributed by atoms with Gasteiger partial charge >= 0.3 is 0 Å². The first-order valence-corrected chi connectivity index (χ1v) is 13.5. The summed E-state index contributed by atoms with van der Waals surface area (Å²) in [5.41, 5.74) is 13.0. The smallest absolute Gasteiger partial charge is 0.0622 e. The van der Waals surface area contributed by atoms with Crippen LogP contribution in [0.5, 0.6) is 0 Å². The zero-order valence-electron chi connectivity index (χ0n) is 22.2. The highest BCUT2D eigenvalue weighted by Gasteiger charge is 2.46. The van der Waals surface area contributed by atoms with Crippen molar-refractivity contribution in [1.29, 1.82) is 0 Å². The van der Waals surface area contributed by atoms with Crippen molar-refractivity contribution in [3.63, 3.8) is 0 Å². The Morgan fingerprint density at radius 1 is 0.432 bits per heavy atom. The van der Waals surface area contributed by atoms with Crippen molar-refractivity contribution in [3.05, 3.63) is 155 Å². The lowest BCUT2D eigenvalue weighted by molar-refractivity contribution is 0.762. The van der Waals surface area contributed by atoms with E-state index in [0.717, 1.165) is 0 Å². The number of hydrogen-bond donors (Lipinski definition) is 0. The molecular formula is C37H34. The van der Waals surface area contributed by atoms with Gasteiger partial charge in [-0.3, -0.25) is 0 Å². The molecule has 6 rings (SSSR count). The van der Waals surface area contributed by atoms with Gasteiger partial charge in [0.15, 0.2) is 0 Å². The molecule has 0 amide bonds. The van der Waals surface area contributed by atoms with E-state index in [4.69, 9.17) is 0 Å². The summed E-state index contributed by atoms with van der Waals surface area (Å²) in [6, 6.07) is 45.5. The fourth-order valence-electron chi connectivity index (χ4n) is 6.11. The first kappa shape index (κ1) is 23.5. The zero-order chi connectivity index (χ0) is 25.6. The molecule has 0 bridgehead atoms. The molecule has 0 aromatic heterocycles. The van der Waals surface area contributed by atoms with Gasteiger partial charge in [0.1, 0.15) is 0 Å². The number of fused-ring (bicyclic) bond motifs is 3. The van der Waals surface area contributed by atoms with E-state index < -0.39 is 0 Å². The largest absolute Gasteiger partial charge is 0.0713 e. The third kappa shape index (κ3) is 3.75. The highest BCUT2D eigenvalue weighted by Crippen LogP contribution is 2.57. The van der Waals surface area contributed by atoms with Crippen LogP contribution in [-0.2, 0) is 5.41 Å². The molecule has 0 saturated heterocycles. The van der Waals surface area contributed by atoms with Crippen LogP contribution in [-0.4, -0.2) is 0 Å². The summed E-state index contributed by atoms with van der Waals surface area (Å²) in [6.07, 6.45) is 0. The molecular weight excluding hydrogens is 444 g/mol. The standard InChI is InChI=1S/C37H34/c1-25(2)27-15-17-28(18-16-27)30-20-22-34-33-21-19-29(26(3)4)23-35(33)37(36(34)24-30,31-11-7-5-8-12-31)32-13-9-6-10-14-32/h5-26H,1-4H3. The molecule has 0 radical (unpaired) electrons. The van der Waals surface area contributed by atoms with Crippen molar-refractivity contribution in [1.82, 2.24) is 0 Å². The number of rotatable bonds is 5. The van der Waals surface area contributed by atoms with Crippen molar-refractivity contribution >= 4 is 0 Å². The Balaban J connectivity index is 1.67. The third-order valence-electron chi connectivity index (χ3n) is 8.15. The molecule has 0 N–H and O–H groups in total. The monoisotopic (exact) mass is 478 g/mol. The van der Waals surface area contributed by atoms with Crippen LogP contribution < -0.4 is 0 Å². The number of benzene rings is 5. The van der Waals surface area contributed by atoms with Gasteiger partial charge in [-0.2, -0.15) is 0 Å². The third-order valence-corrected chi connectivity index (χ3v) is 8.15. The molecule has 0 heterocycles. The second-order valence-corrected chi connectivity index (χ2v) is 11.0. The Hall–Kier alpha value is -3.90. The first-order valence-electron chi connectivity index (χ1n) is 13.5. The van der Waals surface area contributed by atoms with E-state index in [9.17, 15) is 0 Å². The fourth-order valence-corrected chi connectivity index (χ4v) is 6.11. The van der Waals surface area contributed by atoms with Crippen LogP contribution in [0.15, 0.2) is 121 Å². The molecule has 1 aliphatic carbocycles. The van der Waals surface area contributed by atoms with Crippen LogP contribution in [0.3, 0.4) is 0 Å². The Labute approximate surface area is 221 Å². The molecule has 5 aromatic rings. The first-order chi connectivity index (χ1) is 18.0. The second-order valence-electron chi connectivity index (χ2n) is 11.0. The maximum absolute atomic E-state index is 2.47. The quantitative estimate of drug-likeness (QED) is 0.231. The van der Waals surface area contributed by atoms with E-state index in [1.54, 1.807) is 0 Å². The molecule has 0 heteroatoms. The Morgan fingerprint density at radius 3 is 1.43 bits per heavy atom. The van der Waals surface area contributed by atoms with E-state index in [1.807, 2.05) is 0 Å². The Kier molecular flexibility index (Phi) is 5.84. The molecule has 0 nitrogen and oxygen atoms in total. The van der Waals surface area contributed by atoms with Gasteiger partial charge in [0.2, 0.25) is 0 Å². The van der Waals surface area contributed by atoms with E-state index >= 15 is 0 Å². The predicted octanol–water partition coefficient (Wildman–Crippen LogP) is 9.96. The summed E-state index contributed by atoms with van der Waals surface area (Å²) in [4.78, 5) is 0. The van der Waals surface area contributed by atoms with E-state index in [1.165, 1.54) is 55.6 Å². The summed E-state index contributed by atoms with van der Waals surface area (Å²) in [7, 11) is 0. The molecule has 37 heavy (non-hydrogen) atoms. The summed E-state index contributed by atoms with van der Waals surface area (Å²) < 4.78 is 0. The maximum Gasteiger partial charge on any atom is 0.0713 e. The van der Waals surface area contributed by atoms with Gasteiger partial charge < -0.3 is 0 Å². The van der Waals surface area contributed by atoms with Gasteiger partial charge in [0.25, 0.3) is 0 Å². The SMILES string of the molecule is CC(C)c1ccc(-c2ccc3c(c2)C(c2ccccc2)(c2ccccc2)c2cc(C(C)C)ccc2-3)cc1. The zero-order valence-corrected chi connectivity index (χ0v) is 22.2. The lowest BCUT2D eigenvalue weighted by atomic mass is 9.67. The molecule has 0 spiro atoms. The number of hydrogen-bond acceptors (Lipinski definition) is 0. The van der Waals surface area contributed by atoms with Gasteiger partial charge in [-0.05, 0) is 73.5 Å². The van der Waals surface area contributed by atoms with Crippen molar-refractivity contribution in [2.75, 3.05) is 0 Å². The molecule has 0 saturated carbocycles. The fraction of sp³-hybridized carbons (Fsp3) is 0.189. The van der Waals surface area contributed by atoms with Gasteiger partial charge in [0.05, 0.1) is 5.41 Å². The van der Waals surface area contributed by atoms with Gasteiger partial charge in [-0.15, -0.1) is 0 Å². The van der Waals surface area contributed by atoms with Crippen LogP contribution in [0.25, 0.3) is 22.3 Å². The van der Waals surface area contributed by atoms with Gasteiger partial charge in [-0.25, -0.2) is 0 Å². The summed E-state index contributed by atoms with van der Waals surface area (Å²) >= 11 is 0. The predicted molar refractivity (Wildman–Crippen MR) is 157 cm³/mol. The average Bonchev–Trinajstić information content (AvgIpc) is 3.24. The van der Waals surface area contributed by atoms with Crippen LogP contribution >= 0.6 is 0 Å². The van der Waals surface area contributed by atoms with Crippen LogP contribution in [0.1, 0.15) is 72.9 Å². The van der Waals surface area contributed by atoms with E-state index in [-0.39, 0.29) is 5.41 Å². The van der Waals surface area contributed by atoms with Crippen LogP contribution in [0.2, 0.25) is 0 Å². The minimum Gasteiger partial charge on any atom is -0.0622 e. The van der Waals surface area contributed by atoms with E-state index in [0.29, 0.717) is 11.8 Å². The molecule has 0 fully saturated rings. The summed E-state index contributed by atoms with van der Waals surface area (Å²) in [6.45, 7) is 9.08. The Morgan fingerprint density at radius 2 is 0.892 bits per heavy atom. The molecule has 0 unspecified atom stereocenters. The lowest BCUT2D eigenvalue weighted by Gasteiger charge is -2.34. The highest BCUT2D eigenvalue weighted by atomic mass is 14.5. The molecule has 0 aliphatic heterocycles. The van der Waals surface area contributed by atoms with Crippen LogP contribution in [0.4, 0.5) is 0 Å². The van der Waals surface area contributed by atoms with Crippen molar-refractivity contribution in [2.24, 2.45) is 0 Å². The average molecular weight is 479 g/mol. The van der Waals surface area contributed by atoms with Crippen LogP contribution in [0, 0.1) is 0 Å². The minimum absolute atomic E-state index is 0.369. The summed E-state index contributed by atoms with van der Waals surface area (Å²) in [5, 5.41) is 0. The second kappa shape index (κ2) is 9.20. The van der Waals surface area contributed by atoms with Crippen molar-refractivity contribution in [2.45, 2.75) is 44.9 Å². The molecule has 182 valence electrons. The molecule has 5 aromatic carbocycles. The van der Waals surface area contributed by atoms with Crippen molar-refractivity contribution in [3.8, 4) is 22.3 Å². The minimum atomic E-state index is -0.369. The molecule has 0 atom stereocenters. The van der Waals surface area contributed by atoms with Gasteiger partial charge in [-0.1, -0.05) is 143 Å².